The Bertz CT molecular complexity index is 775. The van der Waals surface area contributed by atoms with Gasteiger partial charge in [-0.15, -0.1) is 0 Å². The van der Waals surface area contributed by atoms with Crippen molar-refractivity contribution < 1.29 is 4.74 Å². The normalized spacial score (nSPS) is 10.6. The van der Waals surface area contributed by atoms with E-state index in [0.29, 0.717) is 21.5 Å². The zero-order valence-corrected chi connectivity index (χ0v) is 12.1. The van der Waals surface area contributed by atoms with Crippen molar-refractivity contribution in [2.75, 3.05) is 5.73 Å². The fraction of sp³-hybridized carbons (Fsp3) is 0. The molecule has 1 heterocycles. The first kappa shape index (κ1) is 13.7. The molecule has 0 atom stereocenters. The number of benzene rings is 2. The lowest BCUT2D eigenvalue weighted by atomic mass is 10.3. The van der Waals surface area contributed by atoms with Crippen LogP contribution in [0.15, 0.2) is 42.5 Å². The molecular formula is C13H9Cl2N5O. The summed E-state index contributed by atoms with van der Waals surface area (Å²) >= 11 is 11.8. The quantitative estimate of drug-likeness (QED) is 0.748. The number of tetrazole rings is 1. The van der Waals surface area contributed by atoms with Crippen LogP contribution in [-0.4, -0.2) is 20.2 Å². The molecule has 2 aromatic carbocycles. The summed E-state index contributed by atoms with van der Waals surface area (Å²) in [4.78, 5) is 0. The van der Waals surface area contributed by atoms with Crippen molar-refractivity contribution in [3.05, 3.63) is 52.5 Å². The molecule has 0 aliphatic rings. The molecular weight excluding hydrogens is 313 g/mol. The maximum atomic E-state index is 5.96. The van der Waals surface area contributed by atoms with Gasteiger partial charge in [-0.2, -0.15) is 4.68 Å². The molecule has 106 valence electrons. The highest BCUT2D eigenvalue weighted by atomic mass is 35.5. The number of aromatic nitrogens is 4. The zero-order valence-electron chi connectivity index (χ0n) is 10.6. The standard InChI is InChI=1S/C13H9Cl2N5O/c14-9-6-11(16)12(7-10(9)15)21-13-17-18-19-20(13)8-4-2-1-3-5-8/h1-7H,16H2. The predicted molar refractivity (Wildman–Crippen MR) is 80.1 cm³/mol. The number of ether oxygens (including phenoxy) is 1. The summed E-state index contributed by atoms with van der Waals surface area (Å²) in [6.07, 6.45) is 0. The van der Waals surface area contributed by atoms with E-state index in [4.69, 9.17) is 33.7 Å². The van der Waals surface area contributed by atoms with Crippen LogP contribution in [0, 0.1) is 0 Å². The first-order valence-corrected chi connectivity index (χ1v) is 6.67. The monoisotopic (exact) mass is 321 g/mol. The molecule has 21 heavy (non-hydrogen) atoms. The topological polar surface area (TPSA) is 78.8 Å². The van der Waals surface area contributed by atoms with Gasteiger partial charge in [-0.25, -0.2) is 0 Å². The van der Waals surface area contributed by atoms with Gasteiger partial charge >= 0.3 is 6.01 Å². The van der Waals surface area contributed by atoms with Crippen LogP contribution >= 0.6 is 23.2 Å². The van der Waals surface area contributed by atoms with E-state index >= 15 is 0 Å². The van der Waals surface area contributed by atoms with E-state index in [0.717, 1.165) is 5.69 Å². The van der Waals surface area contributed by atoms with Gasteiger partial charge in [0.25, 0.3) is 0 Å². The number of para-hydroxylation sites is 1. The fourth-order valence-electron chi connectivity index (χ4n) is 1.70. The van der Waals surface area contributed by atoms with Crippen LogP contribution < -0.4 is 10.5 Å². The second-order valence-corrected chi connectivity index (χ2v) is 4.93. The molecule has 0 spiro atoms. The van der Waals surface area contributed by atoms with Crippen molar-refractivity contribution >= 4 is 28.9 Å². The Hall–Kier alpha value is -2.31. The minimum absolute atomic E-state index is 0.172. The van der Waals surface area contributed by atoms with E-state index in [-0.39, 0.29) is 6.01 Å². The maximum absolute atomic E-state index is 5.96. The lowest BCUT2D eigenvalue weighted by Gasteiger charge is -2.09. The van der Waals surface area contributed by atoms with E-state index in [1.165, 1.54) is 16.8 Å². The number of nitrogens with zero attached hydrogens (tertiary/aromatic N) is 4. The molecule has 2 N–H and O–H groups in total. The third-order valence-corrected chi connectivity index (χ3v) is 3.42. The Balaban J connectivity index is 1.97. The molecule has 0 saturated carbocycles. The van der Waals surface area contributed by atoms with Crippen molar-refractivity contribution in [2.45, 2.75) is 0 Å². The van der Waals surface area contributed by atoms with E-state index in [2.05, 4.69) is 15.5 Å². The lowest BCUT2D eigenvalue weighted by Crippen LogP contribution is -2.01. The summed E-state index contributed by atoms with van der Waals surface area (Å²) in [7, 11) is 0. The van der Waals surface area contributed by atoms with Gasteiger partial charge in [0.15, 0.2) is 5.75 Å². The summed E-state index contributed by atoms with van der Waals surface area (Å²) < 4.78 is 7.08. The number of nitrogens with two attached hydrogens (primary N) is 1. The molecule has 0 amide bonds. The van der Waals surface area contributed by atoms with Crippen LogP contribution in [0.4, 0.5) is 5.69 Å². The molecule has 3 aromatic rings. The number of rotatable bonds is 3. The van der Waals surface area contributed by atoms with E-state index in [1.54, 1.807) is 0 Å². The molecule has 0 radical (unpaired) electrons. The zero-order chi connectivity index (χ0) is 14.8. The predicted octanol–water partition coefficient (Wildman–Crippen LogP) is 3.34. The summed E-state index contributed by atoms with van der Waals surface area (Å²) in [5.74, 6) is 0.330. The van der Waals surface area contributed by atoms with Gasteiger partial charge in [0.2, 0.25) is 0 Å². The minimum Gasteiger partial charge on any atom is -0.421 e. The van der Waals surface area contributed by atoms with E-state index < -0.39 is 0 Å². The lowest BCUT2D eigenvalue weighted by molar-refractivity contribution is 0.429. The van der Waals surface area contributed by atoms with Crippen molar-refractivity contribution in [1.29, 1.82) is 0 Å². The SMILES string of the molecule is Nc1cc(Cl)c(Cl)cc1Oc1nnnn1-c1ccccc1. The van der Waals surface area contributed by atoms with Crippen molar-refractivity contribution in [3.63, 3.8) is 0 Å². The Morgan fingerprint density at radius 2 is 1.76 bits per heavy atom. The fourth-order valence-corrected chi connectivity index (χ4v) is 2.03. The third kappa shape index (κ3) is 2.76. The summed E-state index contributed by atoms with van der Waals surface area (Å²) in [5.41, 5.74) is 6.95. The number of nitrogen functional groups attached to an aromatic ring is 1. The summed E-state index contributed by atoms with van der Waals surface area (Å²) in [6.45, 7) is 0. The van der Waals surface area contributed by atoms with Crippen LogP contribution in [0.5, 0.6) is 11.8 Å². The van der Waals surface area contributed by atoms with E-state index in [9.17, 15) is 0 Å². The van der Waals surface area contributed by atoms with Crippen molar-refractivity contribution in [1.82, 2.24) is 20.2 Å². The Labute approximate surface area is 130 Å². The Kier molecular flexibility index (Phi) is 3.64. The van der Waals surface area contributed by atoms with Gasteiger partial charge in [-0.1, -0.05) is 46.5 Å². The number of hydrogen-bond donors (Lipinski definition) is 1. The second-order valence-electron chi connectivity index (χ2n) is 4.12. The average Bonchev–Trinajstić information content (AvgIpc) is 2.94. The highest BCUT2D eigenvalue weighted by Crippen LogP contribution is 2.34. The van der Waals surface area contributed by atoms with Crippen LogP contribution in [0.1, 0.15) is 0 Å². The van der Waals surface area contributed by atoms with E-state index in [1.807, 2.05) is 30.3 Å². The minimum atomic E-state index is 0.172. The van der Waals surface area contributed by atoms with Gasteiger partial charge in [-0.05, 0) is 28.6 Å². The molecule has 3 rings (SSSR count). The highest BCUT2D eigenvalue weighted by Gasteiger charge is 2.13. The average molecular weight is 322 g/mol. The molecule has 0 bridgehead atoms. The van der Waals surface area contributed by atoms with Crippen molar-refractivity contribution in [3.8, 4) is 17.4 Å². The van der Waals surface area contributed by atoms with Gasteiger partial charge in [-0.3, -0.25) is 0 Å². The first-order valence-electron chi connectivity index (χ1n) is 5.91. The van der Waals surface area contributed by atoms with Gasteiger partial charge in [0.1, 0.15) is 0 Å². The van der Waals surface area contributed by atoms with Crippen LogP contribution in [0.3, 0.4) is 0 Å². The van der Waals surface area contributed by atoms with Gasteiger partial charge in [0.05, 0.1) is 21.4 Å². The third-order valence-electron chi connectivity index (χ3n) is 2.70. The Morgan fingerprint density at radius 1 is 1.05 bits per heavy atom. The Morgan fingerprint density at radius 3 is 2.52 bits per heavy atom. The molecule has 1 aromatic heterocycles. The molecule has 0 saturated heterocycles. The van der Waals surface area contributed by atoms with Crippen LogP contribution in [0.25, 0.3) is 5.69 Å². The molecule has 0 aliphatic carbocycles. The number of hydrogen-bond acceptors (Lipinski definition) is 5. The molecule has 6 nitrogen and oxygen atoms in total. The highest BCUT2D eigenvalue weighted by molar-refractivity contribution is 6.42. The number of halogens is 2. The second kappa shape index (κ2) is 5.59. The number of anilines is 1. The largest absolute Gasteiger partial charge is 0.421 e. The van der Waals surface area contributed by atoms with Crippen molar-refractivity contribution in [2.24, 2.45) is 0 Å². The van der Waals surface area contributed by atoms with Gasteiger partial charge < -0.3 is 10.5 Å². The maximum Gasteiger partial charge on any atom is 0.345 e. The smallest absolute Gasteiger partial charge is 0.345 e. The molecule has 0 aliphatic heterocycles. The molecule has 0 fully saturated rings. The van der Waals surface area contributed by atoms with Crippen LogP contribution in [0.2, 0.25) is 10.0 Å². The first-order chi connectivity index (χ1) is 10.1. The molecule has 8 heteroatoms. The summed E-state index contributed by atoms with van der Waals surface area (Å²) in [6, 6.07) is 12.5. The van der Waals surface area contributed by atoms with Gasteiger partial charge in [0, 0.05) is 6.07 Å². The summed E-state index contributed by atoms with van der Waals surface area (Å²) in [5, 5.41) is 12.0. The van der Waals surface area contributed by atoms with Crippen LogP contribution in [-0.2, 0) is 0 Å². The molecule has 0 unspecified atom stereocenters.